The molecule has 29 heavy (non-hydrogen) atoms. The molecule has 0 atom stereocenters. The average molecular weight is 393 g/mol. The summed E-state index contributed by atoms with van der Waals surface area (Å²) >= 11 is 0. The van der Waals surface area contributed by atoms with Gasteiger partial charge in [-0.2, -0.15) is 5.10 Å². The van der Waals surface area contributed by atoms with Crippen LogP contribution >= 0.6 is 0 Å². The van der Waals surface area contributed by atoms with Crippen molar-refractivity contribution in [2.75, 3.05) is 11.9 Å². The Hall–Kier alpha value is -3.22. The van der Waals surface area contributed by atoms with E-state index in [0.29, 0.717) is 29.3 Å². The maximum atomic E-state index is 12.4. The fourth-order valence-corrected chi connectivity index (χ4v) is 3.11. The summed E-state index contributed by atoms with van der Waals surface area (Å²) < 4.78 is 0. The van der Waals surface area contributed by atoms with Crippen molar-refractivity contribution in [3.05, 3.63) is 58.4 Å². The Morgan fingerprint density at radius 1 is 1.10 bits per heavy atom. The van der Waals surface area contributed by atoms with Crippen molar-refractivity contribution in [3.63, 3.8) is 0 Å². The van der Waals surface area contributed by atoms with E-state index in [4.69, 9.17) is 0 Å². The Bertz CT molecular complexity index is 972. The molecule has 1 aromatic heterocycles. The number of carbonyl (C=O) groups excluding carboxylic acids is 2. The van der Waals surface area contributed by atoms with E-state index < -0.39 is 0 Å². The molecule has 2 heterocycles. The van der Waals surface area contributed by atoms with Gasteiger partial charge < -0.3 is 10.6 Å². The van der Waals surface area contributed by atoms with Crippen molar-refractivity contribution in [2.45, 2.75) is 41.0 Å². The number of amides is 2. The fourth-order valence-electron chi connectivity index (χ4n) is 3.11. The first-order chi connectivity index (χ1) is 13.6. The van der Waals surface area contributed by atoms with Crippen LogP contribution in [0.3, 0.4) is 0 Å². The average Bonchev–Trinajstić information content (AvgIpc) is 3.23. The molecule has 3 N–H and O–H groups in total. The molecule has 3 rings (SSSR count). The van der Waals surface area contributed by atoms with Crippen LogP contribution in [0, 0.1) is 19.3 Å². The second kappa shape index (κ2) is 8.03. The van der Waals surface area contributed by atoms with Crippen molar-refractivity contribution in [1.29, 1.82) is 0 Å². The summed E-state index contributed by atoms with van der Waals surface area (Å²) in [6.07, 6.45) is 2.20. The highest BCUT2D eigenvalue weighted by Crippen LogP contribution is 2.27. The number of aromatic amines is 1. The molecule has 0 bridgehead atoms. The molecule has 7 heteroatoms. The third kappa shape index (κ3) is 4.99. The summed E-state index contributed by atoms with van der Waals surface area (Å²) in [5, 5.41) is 12.6. The molecule has 7 nitrogen and oxygen atoms in total. The number of carbonyl (C=O) groups is 2. The lowest BCUT2D eigenvalue weighted by molar-refractivity contribution is -0.119. The minimum absolute atomic E-state index is 0.0454. The van der Waals surface area contributed by atoms with Gasteiger partial charge in [-0.1, -0.05) is 32.9 Å². The maximum Gasteiger partial charge on any atom is 0.259 e. The van der Waals surface area contributed by atoms with Crippen LogP contribution in [0.25, 0.3) is 0 Å². The van der Waals surface area contributed by atoms with Crippen LogP contribution in [-0.2, 0) is 11.2 Å². The monoisotopic (exact) mass is 393 g/mol. The van der Waals surface area contributed by atoms with E-state index in [0.717, 1.165) is 11.3 Å². The van der Waals surface area contributed by atoms with Crippen molar-refractivity contribution in [3.8, 4) is 0 Å². The van der Waals surface area contributed by atoms with Crippen LogP contribution in [0.2, 0.25) is 0 Å². The number of hydrogen-bond acceptors (Lipinski definition) is 4. The van der Waals surface area contributed by atoms with Gasteiger partial charge in [0.05, 0.1) is 24.2 Å². The number of benzene rings is 1. The number of aryl methyl sites for hydroxylation is 2. The predicted molar refractivity (Wildman–Crippen MR) is 114 cm³/mol. The van der Waals surface area contributed by atoms with Crippen molar-refractivity contribution in [1.82, 2.24) is 15.5 Å². The molecule has 0 saturated heterocycles. The zero-order valence-electron chi connectivity index (χ0n) is 17.5. The van der Waals surface area contributed by atoms with E-state index >= 15 is 0 Å². The van der Waals surface area contributed by atoms with E-state index in [1.54, 1.807) is 19.1 Å². The van der Waals surface area contributed by atoms with Gasteiger partial charge in [-0.15, -0.1) is 0 Å². The molecule has 0 aliphatic carbocycles. The lowest BCUT2D eigenvalue weighted by Gasteiger charge is -2.18. The molecule has 1 aliphatic rings. The topological polar surface area (TPSA) is 99.2 Å². The van der Waals surface area contributed by atoms with Gasteiger partial charge in [-0.05, 0) is 48.6 Å². The highest BCUT2D eigenvalue weighted by molar-refractivity contribution is 6.07. The molecule has 0 saturated carbocycles. The van der Waals surface area contributed by atoms with Crippen LogP contribution in [0.15, 0.2) is 40.9 Å². The summed E-state index contributed by atoms with van der Waals surface area (Å²) in [5.74, 6) is 0.297. The smallest absolute Gasteiger partial charge is 0.259 e. The summed E-state index contributed by atoms with van der Waals surface area (Å²) in [7, 11) is 0. The minimum Gasteiger partial charge on any atom is -0.322 e. The third-order valence-corrected chi connectivity index (χ3v) is 4.89. The van der Waals surface area contributed by atoms with Gasteiger partial charge in [0.1, 0.15) is 5.84 Å². The molecule has 0 fully saturated rings. The number of H-pyrrole nitrogens is 1. The van der Waals surface area contributed by atoms with Gasteiger partial charge in [0, 0.05) is 11.4 Å². The predicted octanol–water partition coefficient (Wildman–Crippen LogP) is 3.32. The Labute approximate surface area is 170 Å². The second-order valence-electron chi connectivity index (χ2n) is 8.31. The van der Waals surface area contributed by atoms with Gasteiger partial charge in [0.25, 0.3) is 5.91 Å². The molecule has 2 aromatic rings. The van der Waals surface area contributed by atoms with E-state index in [-0.39, 0.29) is 23.7 Å². The Morgan fingerprint density at radius 2 is 1.79 bits per heavy atom. The first-order valence-electron chi connectivity index (χ1n) is 9.60. The summed E-state index contributed by atoms with van der Waals surface area (Å²) in [4.78, 5) is 29.1. The first kappa shape index (κ1) is 20.5. The zero-order chi connectivity index (χ0) is 21.2. The standard InChI is InChI=1S/C22H27N5O2/c1-13-20(14(2)27-26-13)21(29)24-17-8-6-15(7-9-17)10-19(28)25-18-11-16(12-23-18)22(3,4)5/h6-9,11H,10,12H2,1-5H3,(H,24,29)(H,26,27)(H,23,25,28). The van der Waals surface area contributed by atoms with E-state index in [9.17, 15) is 9.59 Å². The number of nitrogens with zero attached hydrogens (tertiary/aromatic N) is 2. The second-order valence-corrected chi connectivity index (χ2v) is 8.31. The van der Waals surface area contributed by atoms with Crippen LogP contribution in [0.5, 0.6) is 0 Å². The van der Waals surface area contributed by atoms with E-state index in [1.165, 1.54) is 5.57 Å². The number of hydrogen-bond donors (Lipinski definition) is 3. The highest BCUT2D eigenvalue weighted by atomic mass is 16.2. The van der Waals surface area contributed by atoms with Crippen LogP contribution in [0.4, 0.5) is 5.69 Å². The molecule has 0 unspecified atom stereocenters. The van der Waals surface area contributed by atoms with Crippen LogP contribution < -0.4 is 10.6 Å². The normalized spacial score (nSPS) is 13.7. The molecule has 1 aliphatic heterocycles. The minimum atomic E-state index is -0.208. The largest absolute Gasteiger partial charge is 0.322 e. The van der Waals surface area contributed by atoms with E-state index in [2.05, 4.69) is 46.6 Å². The van der Waals surface area contributed by atoms with Gasteiger partial charge in [0.15, 0.2) is 0 Å². The highest BCUT2D eigenvalue weighted by Gasteiger charge is 2.21. The van der Waals surface area contributed by atoms with E-state index in [1.807, 2.05) is 25.1 Å². The van der Waals surface area contributed by atoms with Gasteiger partial charge in [-0.3, -0.25) is 19.7 Å². The number of rotatable bonds is 4. The van der Waals surface area contributed by atoms with Gasteiger partial charge in [0.2, 0.25) is 5.91 Å². The lowest BCUT2D eigenvalue weighted by atomic mass is 9.87. The quantitative estimate of drug-likeness (QED) is 0.743. The Balaban J connectivity index is 1.56. The van der Waals surface area contributed by atoms with Crippen molar-refractivity contribution >= 4 is 23.3 Å². The summed E-state index contributed by atoms with van der Waals surface area (Å²) in [5.41, 5.74) is 4.71. The molecular weight excluding hydrogens is 366 g/mol. The molecular formula is C22H27N5O2. The summed E-state index contributed by atoms with van der Waals surface area (Å²) in [6, 6.07) is 7.24. The van der Waals surface area contributed by atoms with Crippen LogP contribution in [-0.4, -0.2) is 34.4 Å². The Morgan fingerprint density at radius 3 is 2.34 bits per heavy atom. The maximum absolute atomic E-state index is 12.4. The van der Waals surface area contributed by atoms with Crippen molar-refractivity contribution in [2.24, 2.45) is 10.4 Å². The van der Waals surface area contributed by atoms with Crippen LogP contribution in [0.1, 0.15) is 48.1 Å². The first-order valence-corrected chi connectivity index (χ1v) is 9.60. The Kier molecular flexibility index (Phi) is 5.68. The molecule has 0 spiro atoms. The number of anilines is 1. The number of nitrogens with one attached hydrogen (secondary N) is 3. The van der Waals surface area contributed by atoms with Gasteiger partial charge >= 0.3 is 0 Å². The molecule has 2 amide bonds. The zero-order valence-corrected chi connectivity index (χ0v) is 17.5. The number of amidine groups is 1. The van der Waals surface area contributed by atoms with Gasteiger partial charge in [-0.25, -0.2) is 0 Å². The number of aliphatic imine (C=N–C) groups is 1. The van der Waals surface area contributed by atoms with Crippen molar-refractivity contribution < 1.29 is 9.59 Å². The molecule has 1 aromatic carbocycles. The SMILES string of the molecule is Cc1n[nH]c(C)c1C(=O)Nc1ccc(CC(=O)NC2=NCC(C(C)(C)C)=C2)cc1. The molecule has 152 valence electrons. The lowest BCUT2D eigenvalue weighted by Crippen LogP contribution is -2.29. The fraction of sp³-hybridized carbons (Fsp3) is 0.364. The number of aromatic nitrogens is 2. The molecule has 0 radical (unpaired) electrons. The summed E-state index contributed by atoms with van der Waals surface area (Å²) in [6.45, 7) is 10.6. The third-order valence-electron chi connectivity index (χ3n) is 4.89.